The molecule has 2 atom stereocenters. The minimum Gasteiger partial charge on any atom is -0.493 e. The van der Waals surface area contributed by atoms with Crippen molar-refractivity contribution in [1.29, 1.82) is 5.26 Å². The lowest BCUT2D eigenvalue weighted by Gasteiger charge is -2.30. The van der Waals surface area contributed by atoms with E-state index < -0.39 is 23.8 Å². The molecule has 0 saturated heterocycles. The molecule has 1 aliphatic heterocycles. The van der Waals surface area contributed by atoms with Crippen molar-refractivity contribution in [3.63, 3.8) is 0 Å². The summed E-state index contributed by atoms with van der Waals surface area (Å²) in [5.74, 6) is -3.73. The first-order valence-corrected chi connectivity index (χ1v) is 8.79. The molecule has 0 aliphatic carbocycles. The van der Waals surface area contributed by atoms with Crippen LogP contribution < -0.4 is 15.2 Å². The molecule has 8 nitrogen and oxygen atoms in total. The second-order valence-corrected chi connectivity index (χ2v) is 5.92. The molecule has 0 aromatic heterocycles. The highest BCUT2D eigenvalue weighted by atomic mass is 79.9. The lowest BCUT2D eigenvalue weighted by Crippen LogP contribution is -2.33. The van der Waals surface area contributed by atoms with Crippen molar-refractivity contribution in [3.05, 3.63) is 33.6 Å². The van der Waals surface area contributed by atoms with Gasteiger partial charge in [-0.05, 0) is 12.1 Å². The Bertz CT molecular complexity index is 800. The van der Waals surface area contributed by atoms with E-state index in [4.69, 9.17) is 24.7 Å². The minimum atomic E-state index is -1.33. The zero-order valence-corrected chi connectivity index (χ0v) is 17.2. The summed E-state index contributed by atoms with van der Waals surface area (Å²) in [7, 11) is 3.74. The van der Waals surface area contributed by atoms with Gasteiger partial charge in [-0.2, -0.15) is 5.26 Å². The number of benzene rings is 1. The van der Waals surface area contributed by atoms with Crippen LogP contribution in [-0.2, 0) is 19.1 Å². The number of hydrogen-bond donors (Lipinski definition) is 1. The molecule has 1 heterocycles. The van der Waals surface area contributed by atoms with E-state index in [1.807, 2.05) is 19.9 Å². The van der Waals surface area contributed by atoms with Gasteiger partial charge in [-0.15, -0.1) is 0 Å². The number of nitriles is 1. The van der Waals surface area contributed by atoms with Gasteiger partial charge in [-0.25, -0.2) is 4.79 Å². The molecule has 1 aliphatic rings. The summed E-state index contributed by atoms with van der Waals surface area (Å²) in [6.07, 6.45) is 0. The number of esters is 2. The van der Waals surface area contributed by atoms with Gasteiger partial charge < -0.3 is 24.7 Å². The molecule has 0 amide bonds. The van der Waals surface area contributed by atoms with Crippen molar-refractivity contribution in [3.8, 4) is 17.6 Å². The number of ether oxygens (including phenoxy) is 4. The predicted octanol–water partition coefficient (Wildman–Crippen LogP) is 2.62. The summed E-state index contributed by atoms with van der Waals surface area (Å²) < 4.78 is 20.8. The van der Waals surface area contributed by atoms with Crippen LogP contribution in [0.2, 0.25) is 0 Å². The Morgan fingerprint density at radius 3 is 2.37 bits per heavy atom. The molecule has 0 fully saturated rings. The predicted molar refractivity (Wildman–Crippen MR) is 99.8 cm³/mol. The van der Waals surface area contributed by atoms with Crippen LogP contribution in [0.1, 0.15) is 25.3 Å². The molecule has 27 heavy (non-hydrogen) atoms. The topological polar surface area (TPSA) is 121 Å². The molecule has 146 valence electrons. The van der Waals surface area contributed by atoms with E-state index in [2.05, 4.69) is 15.9 Å². The number of rotatable bonds is 4. The lowest BCUT2D eigenvalue weighted by molar-refractivity contribution is -0.144. The summed E-state index contributed by atoms with van der Waals surface area (Å²) in [4.78, 5) is 24.3. The van der Waals surface area contributed by atoms with E-state index in [0.29, 0.717) is 15.8 Å². The maximum atomic E-state index is 12.2. The van der Waals surface area contributed by atoms with Gasteiger partial charge in [-0.3, -0.25) is 4.79 Å². The van der Waals surface area contributed by atoms with Gasteiger partial charge >= 0.3 is 11.9 Å². The van der Waals surface area contributed by atoms with Crippen molar-refractivity contribution >= 4 is 27.9 Å². The van der Waals surface area contributed by atoms with Crippen LogP contribution in [0.15, 0.2) is 28.1 Å². The summed E-state index contributed by atoms with van der Waals surface area (Å²) in [5.41, 5.74) is 6.12. The van der Waals surface area contributed by atoms with E-state index in [1.54, 1.807) is 12.1 Å². The molecule has 2 rings (SSSR count). The first-order valence-electron chi connectivity index (χ1n) is 8.00. The van der Waals surface area contributed by atoms with Crippen LogP contribution in [0.4, 0.5) is 0 Å². The Labute approximate surface area is 165 Å². The van der Waals surface area contributed by atoms with Gasteiger partial charge in [0.15, 0.2) is 17.4 Å². The zero-order valence-electron chi connectivity index (χ0n) is 15.7. The van der Waals surface area contributed by atoms with E-state index in [9.17, 15) is 14.9 Å². The van der Waals surface area contributed by atoms with Gasteiger partial charge in [0.1, 0.15) is 5.57 Å². The number of halogens is 1. The van der Waals surface area contributed by atoms with Crippen molar-refractivity contribution in [1.82, 2.24) is 0 Å². The molecular formula is C18H21BrN2O6. The number of carbonyl (C=O) groups is 2. The van der Waals surface area contributed by atoms with Gasteiger partial charge in [0.2, 0.25) is 5.88 Å². The first kappa shape index (κ1) is 22.3. The molecule has 0 saturated carbocycles. The molecule has 0 spiro atoms. The molecule has 2 unspecified atom stereocenters. The molecule has 0 bridgehead atoms. The quantitative estimate of drug-likeness (QED) is 0.708. The normalized spacial score (nSPS) is 15.8. The maximum Gasteiger partial charge on any atom is 0.339 e. The SMILES string of the molecule is CC.COC(=O)C1=C(N)Oc2c(OC)cc(Br)cc2C1C(C#N)C(=O)OC. The van der Waals surface area contributed by atoms with E-state index >= 15 is 0 Å². The largest absolute Gasteiger partial charge is 0.493 e. The number of hydrogen-bond acceptors (Lipinski definition) is 8. The van der Waals surface area contributed by atoms with E-state index in [-0.39, 0.29) is 17.2 Å². The molecule has 0 radical (unpaired) electrons. The number of fused-ring (bicyclic) bond motifs is 1. The van der Waals surface area contributed by atoms with E-state index in [1.165, 1.54) is 7.11 Å². The smallest absolute Gasteiger partial charge is 0.339 e. The minimum absolute atomic E-state index is 0.132. The molecule has 9 heteroatoms. The Morgan fingerprint density at radius 2 is 1.89 bits per heavy atom. The van der Waals surface area contributed by atoms with Gasteiger partial charge in [0, 0.05) is 10.0 Å². The summed E-state index contributed by atoms with van der Waals surface area (Å²) in [6, 6.07) is 5.11. The molecule has 1 aromatic carbocycles. The first-order chi connectivity index (χ1) is 12.9. The molecule has 2 N–H and O–H groups in total. The van der Waals surface area contributed by atoms with Crippen LogP contribution in [0.25, 0.3) is 0 Å². The highest BCUT2D eigenvalue weighted by molar-refractivity contribution is 9.10. The second kappa shape index (κ2) is 9.83. The number of nitrogens with zero attached hydrogens (tertiary/aromatic N) is 1. The van der Waals surface area contributed by atoms with Crippen LogP contribution in [0, 0.1) is 17.2 Å². The van der Waals surface area contributed by atoms with Gasteiger partial charge in [0.25, 0.3) is 0 Å². The molecular weight excluding hydrogens is 420 g/mol. The van der Waals surface area contributed by atoms with E-state index in [0.717, 1.165) is 14.2 Å². The monoisotopic (exact) mass is 440 g/mol. The van der Waals surface area contributed by atoms with Crippen molar-refractivity contribution in [2.75, 3.05) is 21.3 Å². The average molecular weight is 441 g/mol. The third kappa shape index (κ3) is 4.34. The van der Waals surface area contributed by atoms with Crippen LogP contribution in [0.3, 0.4) is 0 Å². The maximum absolute atomic E-state index is 12.2. The Morgan fingerprint density at radius 1 is 1.26 bits per heavy atom. The van der Waals surface area contributed by atoms with Crippen LogP contribution >= 0.6 is 15.9 Å². The Hall–Kier alpha value is -2.73. The fourth-order valence-electron chi connectivity index (χ4n) is 2.63. The number of carbonyl (C=O) groups excluding carboxylic acids is 2. The molecule has 1 aromatic rings. The highest BCUT2D eigenvalue weighted by Gasteiger charge is 2.44. The van der Waals surface area contributed by atoms with Crippen molar-refractivity contribution in [2.45, 2.75) is 19.8 Å². The average Bonchev–Trinajstić information content (AvgIpc) is 2.69. The summed E-state index contributed by atoms with van der Waals surface area (Å²) >= 11 is 3.33. The van der Waals surface area contributed by atoms with Gasteiger partial charge in [-0.1, -0.05) is 29.8 Å². The fourth-order valence-corrected chi connectivity index (χ4v) is 3.08. The third-order valence-electron chi connectivity index (χ3n) is 3.72. The Kier molecular flexibility index (Phi) is 8.12. The summed E-state index contributed by atoms with van der Waals surface area (Å²) in [5, 5.41) is 9.51. The van der Waals surface area contributed by atoms with Crippen LogP contribution in [-0.4, -0.2) is 33.3 Å². The third-order valence-corrected chi connectivity index (χ3v) is 4.18. The lowest BCUT2D eigenvalue weighted by atomic mass is 9.79. The second-order valence-electron chi connectivity index (χ2n) is 5.01. The van der Waals surface area contributed by atoms with Crippen molar-refractivity contribution < 1.29 is 28.5 Å². The van der Waals surface area contributed by atoms with Crippen LogP contribution in [0.5, 0.6) is 11.5 Å². The summed E-state index contributed by atoms with van der Waals surface area (Å²) in [6.45, 7) is 4.00. The van der Waals surface area contributed by atoms with Crippen molar-refractivity contribution in [2.24, 2.45) is 11.7 Å². The number of methoxy groups -OCH3 is 3. The fraction of sp³-hybridized carbons (Fsp3) is 0.389. The van der Waals surface area contributed by atoms with Gasteiger partial charge in [0.05, 0.1) is 33.3 Å². The standard InChI is InChI=1S/C16H15BrN2O6.C2H6/c1-22-10-5-7(17)4-8-11(9(6-18)15(20)23-2)12(16(21)24-3)14(19)25-13(8)10;1-2/h4-5,9,11H,19H2,1-3H3;1-2H3. The zero-order chi connectivity index (χ0) is 20.7. The Balaban J connectivity index is 0.00000176. The number of nitrogens with two attached hydrogens (primary N) is 1. The highest BCUT2D eigenvalue weighted by Crippen LogP contribution is 2.48.